The molecule has 1 aliphatic heterocycles. The van der Waals surface area contributed by atoms with Gasteiger partial charge in [-0.2, -0.15) is 0 Å². The summed E-state index contributed by atoms with van der Waals surface area (Å²) >= 11 is 3.79. The van der Waals surface area contributed by atoms with Crippen molar-refractivity contribution in [1.82, 2.24) is 9.97 Å². The lowest BCUT2D eigenvalue weighted by atomic mass is 9.85. The van der Waals surface area contributed by atoms with Crippen LogP contribution in [0.25, 0.3) is 10.4 Å². The number of nitrogens with zero attached hydrogens (tertiary/aromatic N) is 5. The molecule has 1 aromatic heterocycles. The number of aromatic nitrogens is 2. The van der Waals surface area contributed by atoms with Gasteiger partial charge in [-0.25, -0.2) is 9.97 Å². The summed E-state index contributed by atoms with van der Waals surface area (Å²) in [5.41, 5.74) is 9.36. The number of anilines is 1. The number of halogens is 1. The summed E-state index contributed by atoms with van der Waals surface area (Å²) in [7, 11) is 0. The van der Waals surface area contributed by atoms with Crippen LogP contribution in [-0.4, -0.2) is 45.8 Å². The smallest absolute Gasteiger partial charge is 0.189 e. The van der Waals surface area contributed by atoms with Crippen LogP contribution >= 0.6 is 34.4 Å². The van der Waals surface area contributed by atoms with E-state index in [-0.39, 0.29) is 24.2 Å². The molecule has 8 nitrogen and oxygen atoms in total. The molecule has 2 aliphatic rings. The van der Waals surface area contributed by atoms with Crippen LogP contribution < -0.4 is 5.32 Å². The predicted octanol–water partition coefficient (Wildman–Crippen LogP) is 4.52. The van der Waals surface area contributed by atoms with Crippen molar-refractivity contribution in [1.29, 1.82) is 0 Å². The molecule has 3 rings (SSSR count). The Balaban J connectivity index is 1.92. The molecule has 2 fully saturated rings. The second-order valence-electron chi connectivity index (χ2n) is 7.96. The number of nitrogens with one attached hydrogen (secondary N) is 1. The van der Waals surface area contributed by atoms with Gasteiger partial charge in [0.1, 0.15) is 11.9 Å². The van der Waals surface area contributed by atoms with Gasteiger partial charge in [0.2, 0.25) is 0 Å². The number of hydrogen-bond acceptors (Lipinski definition) is 7. The summed E-state index contributed by atoms with van der Waals surface area (Å²) < 4.78 is 13.4. The van der Waals surface area contributed by atoms with Gasteiger partial charge in [-0.15, -0.1) is 0 Å². The molecule has 10 heteroatoms. The zero-order valence-corrected chi connectivity index (χ0v) is 19.3. The fourth-order valence-corrected chi connectivity index (χ4v) is 4.71. The van der Waals surface area contributed by atoms with E-state index in [4.69, 9.17) is 15.0 Å². The molecule has 0 bridgehead atoms. The van der Waals surface area contributed by atoms with Crippen LogP contribution in [0.15, 0.2) is 10.3 Å². The van der Waals surface area contributed by atoms with Crippen molar-refractivity contribution < 1.29 is 9.47 Å². The number of hydrogen-bond donors (Lipinski definition) is 1. The van der Waals surface area contributed by atoms with Gasteiger partial charge >= 0.3 is 0 Å². The van der Waals surface area contributed by atoms with Crippen molar-refractivity contribution in [3.05, 3.63) is 19.7 Å². The van der Waals surface area contributed by atoms with Gasteiger partial charge in [0.05, 0.1) is 21.4 Å². The number of rotatable bonds is 5. The Hall–Kier alpha value is -0.810. The maximum absolute atomic E-state index is 8.98. The van der Waals surface area contributed by atoms with E-state index in [1.165, 1.54) is 11.8 Å². The molecular weight excluding hydrogens is 479 g/mol. The lowest BCUT2D eigenvalue weighted by Crippen LogP contribution is -2.38. The van der Waals surface area contributed by atoms with Crippen LogP contribution in [0, 0.1) is 16.4 Å². The largest absolute Gasteiger partial charge is 0.364 e. The first-order valence-electron chi connectivity index (χ1n) is 8.84. The molecule has 1 N–H and O–H groups in total. The second kappa shape index (κ2) is 7.55. The summed E-state index contributed by atoms with van der Waals surface area (Å²) in [4.78, 5) is 12.2. The molecule has 1 aromatic rings. The number of fused-ring (bicyclic) bond motifs is 1. The zero-order valence-electron chi connectivity index (χ0n) is 16.4. The zero-order chi connectivity index (χ0) is 20.0. The molecule has 0 aromatic carbocycles. The third-order valence-corrected chi connectivity index (χ3v) is 7.01. The van der Waals surface area contributed by atoms with Gasteiger partial charge < -0.3 is 14.8 Å². The Bertz CT molecular complexity index is 783. The van der Waals surface area contributed by atoms with Gasteiger partial charge in [-0.3, -0.25) is 0 Å². The third-order valence-electron chi connectivity index (χ3n) is 5.18. The molecule has 4 atom stereocenters. The quantitative estimate of drug-likeness (QED) is 0.158. The highest BCUT2D eigenvalue weighted by molar-refractivity contribution is 14.1. The van der Waals surface area contributed by atoms with Gasteiger partial charge in [0, 0.05) is 16.4 Å². The van der Waals surface area contributed by atoms with E-state index >= 15 is 0 Å². The van der Waals surface area contributed by atoms with Gasteiger partial charge in [0.15, 0.2) is 10.9 Å². The predicted molar refractivity (Wildman–Crippen MR) is 114 cm³/mol. The van der Waals surface area contributed by atoms with Crippen LogP contribution in [0.3, 0.4) is 0 Å². The number of thioether (sulfide) groups is 1. The standard InChI is InChI=1S/C17H25IN6O2S/c1-8-11(18)14(22-15(20-8)27-6)21-10-7-9(16(2,3)23-24-19)12-13(10)26-17(4,5)25-12/h9-10,12-13H,7H2,1-6H3,(H,20,21,22)/t9-,10+,12+,13-/m0/s1. The Kier molecular flexibility index (Phi) is 5.85. The van der Waals surface area contributed by atoms with E-state index in [0.29, 0.717) is 0 Å². The fourth-order valence-electron chi connectivity index (χ4n) is 3.90. The SMILES string of the molecule is CSc1nc(C)c(I)c(N[C@@H]2C[C@H](C(C)(C)N=[N+]=[N-])[C@H]3OC(C)(C)O[C@H]32)n1. The lowest BCUT2D eigenvalue weighted by molar-refractivity contribution is -0.159. The number of azide groups is 1. The lowest BCUT2D eigenvalue weighted by Gasteiger charge is -2.31. The second-order valence-corrected chi connectivity index (χ2v) is 9.81. The molecule has 0 amide bonds. The van der Waals surface area contributed by atoms with Crippen LogP contribution in [0.5, 0.6) is 0 Å². The summed E-state index contributed by atoms with van der Waals surface area (Å²) in [6, 6.07) is 0.00691. The highest BCUT2D eigenvalue weighted by Crippen LogP contribution is 2.47. The molecule has 1 aliphatic carbocycles. The summed E-state index contributed by atoms with van der Waals surface area (Å²) in [5, 5.41) is 8.34. The minimum absolute atomic E-state index is 0.00691. The summed E-state index contributed by atoms with van der Waals surface area (Å²) in [6.45, 7) is 9.73. The van der Waals surface area contributed by atoms with Crippen molar-refractivity contribution in [2.45, 2.75) is 75.8 Å². The minimum Gasteiger partial charge on any atom is -0.364 e. The normalized spacial score (nSPS) is 29.3. The monoisotopic (exact) mass is 504 g/mol. The molecule has 2 heterocycles. The van der Waals surface area contributed by atoms with Crippen LogP contribution in [0.4, 0.5) is 5.82 Å². The first-order valence-corrected chi connectivity index (χ1v) is 11.1. The number of ether oxygens (including phenoxy) is 2. The molecular formula is C17H25IN6O2S. The van der Waals surface area contributed by atoms with E-state index < -0.39 is 11.3 Å². The molecule has 0 radical (unpaired) electrons. The van der Waals surface area contributed by atoms with E-state index in [1.54, 1.807) is 0 Å². The van der Waals surface area contributed by atoms with E-state index in [0.717, 1.165) is 26.7 Å². The topological polar surface area (TPSA) is 105 Å². The molecule has 1 saturated carbocycles. The first-order chi connectivity index (χ1) is 12.6. The van der Waals surface area contributed by atoms with Crippen molar-refractivity contribution in [2.24, 2.45) is 11.0 Å². The van der Waals surface area contributed by atoms with E-state index in [1.807, 2.05) is 40.9 Å². The Morgan fingerprint density at radius 1 is 1.33 bits per heavy atom. The number of aryl methyl sites for hydroxylation is 1. The summed E-state index contributed by atoms with van der Waals surface area (Å²) in [5.74, 6) is 0.185. The molecule has 27 heavy (non-hydrogen) atoms. The van der Waals surface area contributed by atoms with E-state index in [9.17, 15) is 0 Å². The summed E-state index contributed by atoms with van der Waals surface area (Å²) in [6.07, 6.45) is 2.46. The Morgan fingerprint density at radius 3 is 2.63 bits per heavy atom. The average Bonchev–Trinajstić information content (AvgIpc) is 3.05. The molecule has 0 spiro atoms. The van der Waals surface area contributed by atoms with Crippen LogP contribution in [0.1, 0.15) is 39.8 Å². The molecule has 148 valence electrons. The van der Waals surface area contributed by atoms with Crippen molar-refractivity contribution in [3.63, 3.8) is 0 Å². The Morgan fingerprint density at radius 2 is 2.00 bits per heavy atom. The van der Waals surface area contributed by atoms with E-state index in [2.05, 4.69) is 47.9 Å². The minimum atomic E-state index is -0.667. The average molecular weight is 504 g/mol. The Labute approximate surface area is 177 Å². The molecule has 0 unspecified atom stereocenters. The van der Waals surface area contributed by atoms with Crippen LogP contribution in [-0.2, 0) is 9.47 Å². The van der Waals surface area contributed by atoms with Gasteiger partial charge in [0.25, 0.3) is 0 Å². The first kappa shape index (κ1) is 20.9. The highest BCUT2D eigenvalue weighted by atomic mass is 127. The van der Waals surface area contributed by atoms with Gasteiger partial charge in [-0.05, 0) is 61.6 Å². The maximum Gasteiger partial charge on any atom is 0.189 e. The fraction of sp³-hybridized carbons (Fsp3) is 0.765. The van der Waals surface area contributed by atoms with Gasteiger partial charge in [-0.1, -0.05) is 30.7 Å². The highest BCUT2D eigenvalue weighted by Gasteiger charge is 2.57. The molecule has 1 saturated heterocycles. The van der Waals surface area contributed by atoms with Crippen molar-refractivity contribution >= 4 is 40.2 Å². The van der Waals surface area contributed by atoms with Crippen molar-refractivity contribution in [3.8, 4) is 0 Å². The van der Waals surface area contributed by atoms with Crippen LogP contribution in [0.2, 0.25) is 0 Å². The third kappa shape index (κ3) is 4.14. The van der Waals surface area contributed by atoms with Crippen molar-refractivity contribution in [2.75, 3.05) is 11.6 Å². The maximum atomic E-state index is 8.98.